The molecular weight excluding hydrogens is 354 g/mol. The highest BCUT2D eigenvalue weighted by Crippen LogP contribution is 2.22. The van der Waals surface area contributed by atoms with Gasteiger partial charge in [0.25, 0.3) is 5.91 Å². The molecule has 0 radical (unpaired) electrons. The number of rotatable bonds is 8. The van der Waals surface area contributed by atoms with Crippen LogP contribution in [0.15, 0.2) is 54.6 Å². The third-order valence-corrected chi connectivity index (χ3v) is 3.99. The van der Waals surface area contributed by atoms with E-state index in [1.54, 1.807) is 29.2 Å². The van der Waals surface area contributed by atoms with Crippen molar-refractivity contribution in [2.45, 2.75) is 26.4 Å². The fourth-order valence-corrected chi connectivity index (χ4v) is 2.49. The number of para-hydroxylation sites is 1. The molecule has 1 amide bonds. The van der Waals surface area contributed by atoms with Gasteiger partial charge in [-0.3, -0.25) is 4.79 Å². The first-order valence-corrected chi connectivity index (χ1v) is 8.71. The fourth-order valence-electron chi connectivity index (χ4n) is 2.30. The average Bonchev–Trinajstić information content (AvgIpc) is 2.64. The van der Waals surface area contributed by atoms with Crippen molar-refractivity contribution >= 4 is 23.5 Å². The normalized spacial score (nSPS) is 10.5. The molecule has 0 aliphatic rings. The Hall–Kier alpha value is -2.53. The molecule has 2 aromatic carbocycles. The van der Waals surface area contributed by atoms with Crippen LogP contribution in [-0.4, -0.2) is 36.0 Å². The summed E-state index contributed by atoms with van der Waals surface area (Å²) in [7, 11) is 0. The van der Waals surface area contributed by atoms with Crippen molar-refractivity contribution in [1.29, 1.82) is 0 Å². The highest BCUT2D eigenvalue weighted by atomic mass is 35.5. The number of nitrogens with zero attached hydrogens (tertiary/aromatic N) is 1. The standard InChI is InChI=1S/C20H22ClNO4/c1-15(2)22(12-16-8-4-3-5-9-16)19(23)13-26-20(24)14-25-18-11-7-6-10-17(18)21/h3-11,15H,12-14H2,1-2H3. The van der Waals surface area contributed by atoms with Crippen LogP contribution in [0.5, 0.6) is 5.75 Å². The topological polar surface area (TPSA) is 55.8 Å². The summed E-state index contributed by atoms with van der Waals surface area (Å²) in [5, 5.41) is 0.408. The molecule has 0 bridgehead atoms. The number of esters is 1. The van der Waals surface area contributed by atoms with Crippen LogP contribution in [0.25, 0.3) is 0 Å². The highest BCUT2D eigenvalue weighted by Gasteiger charge is 2.19. The van der Waals surface area contributed by atoms with Crippen LogP contribution >= 0.6 is 11.6 Å². The van der Waals surface area contributed by atoms with Gasteiger partial charge >= 0.3 is 5.97 Å². The third-order valence-electron chi connectivity index (χ3n) is 3.68. The van der Waals surface area contributed by atoms with Crippen LogP contribution in [0, 0.1) is 0 Å². The van der Waals surface area contributed by atoms with E-state index in [9.17, 15) is 9.59 Å². The Kier molecular flexibility index (Phi) is 7.48. The second kappa shape index (κ2) is 9.82. The molecule has 0 aliphatic carbocycles. The summed E-state index contributed by atoms with van der Waals surface area (Å²) in [6.07, 6.45) is 0. The molecule has 6 heteroatoms. The molecule has 0 saturated heterocycles. The Bertz CT molecular complexity index is 734. The number of carbonyl (C=O) groups excluding carboxylic acids is 2. The van der Waals surface area contributed by atoms with Gasteiger partial charge in [-0.05, 0) is 31.5 Å². The number of halogens is 1. The molecule has 0 atom stereocenters. The molecular formula is C20H22ClNO4. The van der Waals surface area contributed by atoms with E-state index in [0.717, 1.165) is 5.56 Å². The van der Waals surface area contributed by atoms with Gasteiger partial charge in [-0.25, -0.2) is 4.79 Å². The molecule has 0 spiro atoms. The lowest BCUT2D eigenvalue weighted by atomic mass is 10.2. The van der Waals surface area contributed by atoms with Crippen molar-refractivity contribution in [2.75, 3.05) is 13.2 Å². The van der Waals surface area contributed by atoms with Crippen molar-refractivity contribution < 1.29 is 19.1 Å². The largest absolute Gasteiger partial charge is 0.480 e. The van der Waals surface area contributed by atoms with Gasteiger partial charge < -0.3 is 14.4 Å². The summed E-state index contributed by atoms with van der Waals surface area (Å²) in [6.45, 7) is 3.67. The smallest absolute Gasteiger partial charge is 0.344 e. The van der Waals surface area contributed by atoms with Crippen molar-refractivity contribution in [3.8, 4) is 5.75 Å². The van der Waals surface area contributed by atoms with Gasteiger partial charge in [0.2, 0.25) is 0 Å². The highest BCUT2D eigenvalue weighted by molar-refractivity contribution is 6.32. The van der Waals surface area contributed by atoms with E-state index in [1.807, 2.05) is 44.2 Å². The molecule has 0 saturated carbocycles. The van der Waals surface area contributed by atoms with Crippen molar-refractivity contribution in [2.24, 2.45) is 0 Å². The average molecular weight is 376 g/mol. The van der Waals surface area contributed by atoms with Gasteiger partial charge in [-0.1, -0.05) is 54.1 Å². The number of carbonyl (C=O) groups is 2. The van der Waals surface area contributed by atoms with E-state index in [-0.39, 0.29) is 25.2 Å². The first kappa shape index (κ1) is 19.8. The molecule has 0 N–H and O–H groups in total. The van der Waals surface area contributed by atoms with Crippen LogP contribution in [0.4, 0.5) is 0 Å². The summed E-state index contributed by atoms with van der Waals surface area (Å²) in [5.74, 6) is -0.484. The molecule has 0 aliphatic heterocycles. The molecule has 26 heavy (non-hydrogen) atoms. The summed E-state index contributed by atoms with van der Waals surface area (Å²) in [5.41, 5.74) is 1.02. The predicted molar refractivity (Wildman–Crippen MR) is 100 cm³/mol. The first-order chi connectivity index (χ1) is 12.5. The molecule has 2 aromatic rings. The second-order valence-corrected chi connectivity index (χ2v) is 6.39. The molecule has 0 aromatic heterocycles. The zero-order valence-electron chi connectivity index (χ0n) is 14.9. The second-order valence-electron chi connectivity index (χ2n) is 5.98. The molecule has 138 valence electrons. The van der Waals surface area contributed by atoms with Gasteiger partial charge in [0.15, 0.2) is 13.2 Å². The molecule has 2 rings (SSSR count). The number of ether oxygens (including phenoxy) is 2. The lowest BCUT2D eigenvalue weighted by Crippen LogP contribution is -2.39. The fraction of sp³-hybridized carbons (Fsp3) is 0.300. The Morgan fingerprint density at radius 1 is 1.00 bits per heavy atom. The van der Waals surface area contributed by atoms with Crippen molar-refractivity contribution in [3.05, 3.63) is 65.2 Å². The van der Waals surface area contributed by atoms with E-state index in [2.05, 4.69) is 0 Å². The summed E-state index contributed by atoms with van der Waals surface area (Å²) < 4.78 is 10.3. The van der Waals surface area contributed by atoms with E-state index in [0.29, 0.717) is 17.3 Å². The van der Waals surface area contributed by atoms with Crippen molar-refractivity contribution in [1.82, 2.24) is 4.90 Å². The molecule has 0 heterocycles. The zero-order chi connectivity index (χ0) is 18.9. The lowest BCUT2D eigenvalue weighted by Gasteiger charge is -2.26. The first-order valence-electron chi connectivity index (χ1n) is 8.33. The number of benzene rings is 2. The maximum absolute atomic E-state index is 12.4. The Labute approximate surface area is 158 Å². The predicted octanol–water partition coefficient (Wildman–Crippen LogP) is 3.70. The molecule has 5 nitrogen and oxygen atoms in total. The summed E-state index contributed by atoms with van der Waals surface area (Å²) in [4.78, 5) is 25.9. The minimum absolute atomic E-state index is 0.0132. The zero-order valence-corrected chi connectivity index (χ0v) is 15.6. The molecule has 0 unspecified atom stereocenters. The van der Waals surface area contributed by atoms with Gasteiger partial charge in [0, 0.05) is 12.6 Å². The van der Waals surface area contributed by atoms with Crippen molar-refractivity contribution in [3.63, 3.8) is 0 Å². The quantitative estimate of drug-likeness (QED) is 0.660. The van der Waals surface area contributed by atoms with E-state index >= 15 is 0 Å². The Balaban J connectivity index is 1.83. The van der Waals surface area contributed by atoms with E-state index < -0.39 is 5.97 Å². The third kappa shape index (κ3) is 6.08. The van der Waals surface area contributed by atoms with Crippen LogP contribution in [0.2, 0.25) is 5.02 Å². The van der Waals surface area contributed by atoms with Gasteiger partial charge in [-0.15, -0.1) is 0 Å². The Morgan fingerprint density at radius 3 is 2.31 bits per heavy atom. The monoisotopic (exact) mass is 375 g/mol. The Morgan fingerprint density at radius 2 is 1.65 bits per heavy atom. The van der Waals surface area contributed by atoms with Gasteiger partial charge in [-0.2, -0.15) is 0 Å². The van der Waals surface area contributed by atoms with Gasteiger partial charge in [0.1, 0.15) is 5.75 Å². The van der Waals surface area contributed by atoms with E-state index in [1.165, 1.54) is 0 Å². The SMILES string of the molecule is CC(C)N(Cc1ccccc1)C(=O)COC(=O)COc1ccccc1Cl. The maximum atomic E-state index is 12.4. The number of hydrogen-bond donors (Lipinski definition) is 0. The van der Waals surface area contributed by atoms with Crippen LogP contribution < -0.4 is 4.74 Å². The number of hydrogen-bond acceptors (Lipinski definition) is 4. The molecule has 0 fully saturated rings. The van der Waals surface area contributed by atoms with Gasteiger partial charge in [0.05, 0.1) is 5.02 Å². The van der Waals surface area contributed by atoms with Crippen LogP contribution in [0.3, 0.4) is 0 Å². The number of amides is 1. The summed E-state index contributed by atoms with van der Waals surface area (Å²) >= 11 is 5.95. The maximum Gasteiger partial charge on any atom is 0.344 e. The lowest BCUT2D eigenvalue weighted by molar-refractivity contribution is -0.154. The summed E-state index contributed by atoms with van der Waals surface area (Å²) in [6, 6.07) is 16.5. The van der Waals surface area contributed by atoms with Crippen LogP contribution in [-0.2, 0) is 20.9 Å². The minimum Gasteiger partial charge on any atom is -0.480 e. The van der Waals surface area contributed by atoms with E-state index in [4.69, 9.17) is 21.1 Å². The van der Waals surface area contributed by atoms with Crippen LogP contribution in [0.1, 0.15) is 19.4 Å². The minimum atomic E-state index is -0.623.